The number of aromatic nitrogens is 1. The molecule has 1 amide bonds. The van der Waals surface area contributed by atoms with Gasteiger partial charge in [0.2, 0.25) is 0 Å². The van der Waals surface area contributed by atoms with Gasteiger partial charge in [-0.15, -0.1) is 0 Å². The van der Waals surface area contributed by atoms with Crippen molar-refractivity contribution < 1.29 is 13.9 Å². The van der Waals surface area contributed by atoms with Crippen LogP contribution in [0.4, 0.5) is 4.39 Å². The highest BCUT2D eigenvalue weighted by Gasteiger charge is 2.13. The maximum Gasteiger partial charge on any atom is 0.272 e. The summed E-state index contributed by atoms with van der Waals surface area (Å²) >= 11 is 3.51. The molecule has 5 nitrogen and oxygen atoms in total. The fourth-order valence-electron chi connectivity index (χ4n) is 3.80. The summed E-state index contributed by atoms with van der Waals surface area (Å²) in [4.78, 5) is 17.8. The Labute approximate surface area is 221 Å². The van der Waals surface area contributed by atoms with Crippen molar-refractivity contribution in [1.82, 2.24) is 10.4 Å². The van der Waals surface area contributed by atoms with Crippen LogP contribution in [-0.2, 0) is 6.61 Å². The molecule has 0 aliphatic carbocycles. The van der Waals surface area contributed by atoms with Crippen LogP contribution in [-0.4, -0.2) is 17.1 Å². The number of benzene rings is 4. The van der Waals surface area contributed by atoms with Crippen LogP contribution in [0.25, 0.3) is 22.2 Å². The maximum atomic E-state index is 13.1. The van der Waals surface area contributed by atoms with Crippen molar-refractivity contribution in [3.05, 3.63) is 130 Å². The number of hydrogen-bond donors (Lipinski definition) is 1. The second-order valence-corrected chi connectivity index (χ2v) is 9.10. The minimum absolute atomic E-state index is 0.283. The number of rotatable bonds is 7. The molecule has 182 valence electrons. The molecule has 0 saturated heterocycles. The fraction of sp³-hybridized carbons (Fsp3) is 0.0333. The zero-order chi connectivity index (χ0) is 25.6. The Morgan fingerprint density at radius 1 is 0.946 bits per heavy atom. The first kappa shape index (κ1) is 24.3. The van der Waals surface area contributed by atoms with Crippen molar-refractivity contribution in [2.45, 2.75) is 6.61 Å². The van der Waals surface area contributed by atoms with E-state index < -0.39 is 0 Å². The minimum atomic E-state index is -0.328. The minimum Gasteiger partial charge on any atom is -0.488 e. The highest BCUT2D eigenvalue weighted by molar-refractivity contribution is 9.10. The molecule has 1 heterocycles. The molecule has 1 N–H and O–H groups in total. The quantitative estimate of drug-likeness (QED) is 0.172. The Bertz CT molecular complexity index is 1590. The Morgan fingerprint density at radius 3 is 2.49 bits per heavy atom. The molecule has 0 aliphatic heterocycles. The van der Waals surface area contributed by atoms with E-state index >= 15 is 0 Å². The number of hydrogen-bond acceptors (Lipinski definition) is 4. The Balaban J connectivity index is 1.29. The molecule has 0 unspecified atom stereocenters. The van der Waals surface area contributed by atoms with Gasteiger partial charge in [-0.25, -0.2) is 14.8 Å². The van der Waals surface area contributed by atoms with Crippen molar-refractivity contribution in [2.24, 2.45) is 5.10 Å². The highest BCUT2D eigenvalue weighted by Crippen LogP contribution is 2.27. The Kier molecular flexibility index (Phi) is 7.33. The maximum absolute atomic E-state index is 13.1. The average Bonchev–Trinajstić information content (AvgIpc) is 2.93. The summed E-state index contributed by atoms with van der Waals surface area (Å²) in [5.41, 5.74) is 7.13. The van der Waals surface area contributed by atoms with E-state index in [0.717, 1.165) is 32.1 Å². The summed E-state index contributed by atoms with van der Waals surface area (Å²) in [7, 11) is 0. The SMILES string of the molecule is O=C(N/N=C/c1ccc(OCc2ccc(F)cc2)c(Br)c1)c1cc(-c2ccccc2)nc2ccccc12. The summed E-state index contributed by atoms with van der Waals surface area (Å²) < 4.78 is 19.6. The van der Waals surface area contributed by atoms with Gasteiger partial charge in [0.1, 0.15) is 18.2 Å². The second kappa shape index (κ2) is 11.1. The third-order valence-electron chi connectivity index (χ3n) is 5.67. The number of ether oxygens (including phenoxy) is 1. The van der Waals surface area contributed by atoms with Crippen LogP contribution in [0.2, 0.25) is 0 Å². The molecule has 37 heavy (non-hydrogen) atoms. The van der Waals surface area contributed by atoms with E-state index in [4.69, 9.17) is 9.72 Å². The van der Waals surface area contributed by atoms with Gasteiger partial charge in [0.25, 0.3) is 5.91 Å². The van der Waals surface area contributed by atoms with Crippen LogP contribution in [0.15, 0.2) is 113 Å². The molecule has 0 saturated carbocycles. The summed E-state index contributed by atoms with van der Waals surface area (Å²) in [6, 6.07) is 30.7. The molecular weight excluding hydrogens is 533 g/mol. The number of amides is 1. The summed E-state index contributed by atoms with van der Waals surface area (Å²) in [6.45, 7) is 0.313. The first-order chi connectivity index (χ1) is 18.1. The molecule has 0 aliphatic rings. The summed E-state index contributed by atoms with van der Waals surface area (Å²) in [6.07, 6.45) is 1.56. The lowest BCUT2D eigenvalue weighted by Gasteiger charge is -2.09. The lowest BCUT2D eigenvalue weighted by Crippen LogP contribution is -2.18. The van der Waals surface area contributed by atoms with Gasteiger partial charge < -0.3 is 4.74 Å². The molecule has 5 rings (SSSR count). The van der Waals surface area contributed by atoms with Crippen LogP contribution in [0.5, 0.6) is 5.75 Å². The molecule has 1 aromatic heterocycles. The van der Waals surface area contributed by atoms with E-state index in [2.05, 4.69) is 26.5 Å². The number of halogens is 2. The Morgan fingerprint density at radius 2 is 1.70 bits per heavy atom. The molecule has 4 aromatic carbocycles. The lowest BCUT2D eigenvalue weighted by molar-refractivity contribution is 0.0956. The van der Waals surface area contributed by atoms with Crippen LogP contribution in [0.1, 0.15) is 21.5 Å². The van der Waals surface area contributed by atoms with Gasteiger partial charge in [-0.3, -0.25) is 4.79 Å². The largest absolute Gasteiger partial charge is 0.488 e. The average molecular weight is 554 g/mol. The zero-order valence-corrected chi connectivity index (χ0v) is 21.2. The van der Waals surface area contributed by atoms with Crippen LogP contribution in [0, 0.1) is 5.82 Å². The number of carbonyl (C=O) groups excluding carboxylic acids is 1. The topological polar surface area (TPSA) is 63.6 Å². The number of nitrogens with zero attached hydrogens (tertiary/aromatic N) is 2. The van der Waals surface area contributed by atoms with Gasteiger partial charge in [0, 0.05) is 10.9 Å². The summed E-state index contributed by atoms with van der Waals surface area (Å²) in [5.74, 6) is 0.0296. The van der Waals surface area contributed by atoms with Gasteiger partial charge in [0.15, 0.2) is 0 Å². The van der Waals surface area contributed by atoms with E-state index in [1.165, 1.54) is 12.1 Å². The van der Waals surface area contributed by atoms with Crippen molar-refractivity contribution in [1.29, 1.82) is 0 Å². The first-order valence-electron chi connectivity index (χ1n) is 11.5. The molecule has 0 atom stereocenters. The van der Waals surface area contributed by atoms with Crippen LogP contribution in [0.3, 0.4) is 0 Å². The molecule has 0 spiro atoms. The van der Waals surface area contributed by atoms with Gasteiger partial charge in [-0.1, -0.05) is 60.7 Å². The molecule has 5 aromatic rings. The number of hydrazone groups is 1. The second-order valence-electron chi connectivity index (χ2n) is 8.24. The van der Waals surface area contributed by atoms with E-state index in [1.54, 1.807) is 30.5 Å². The number of para-hydroxylation sites is 1. The first-order valence-corrected chi connectivity index (χ1v) is 12.3. The van der Waals surface area contributed by atoms with E-state index in [1.807, 2.05) is 66.7 Å². The third kappa shape index (κ3) is 5.90. The van der Waals surface area contributed by atoms with Gasteiger partial charge in [-0.05, 0) is 69.5 Å². The van der Waals surface area contributed by atoms with Gasteiger partial charge in [-0.2, -0.15) is 5.10 Å². The predicted molar refractivity (Wildman–Crippen MR) is 147 cm³/mol. The third-order valence-corrected chi connectivity index (χ3v) is 6.29. The monoisotopic (exact) mass is 553 g/mol. The van der Waals surface area contributed by atoms with Crippen LogP contribution < -0.4 is 10.2 Å². The highest BCUT2D eigenvalue weighted by atomic mass is 79.9. The number of pyridine rings is 1. The summed E-state index contributed by atoms with van der Waals surface area (Å²) in [5, 5.41) is 4.91. The fourth-order valence-corrected chi connectivity index (χ4v) is 4.31. The van der Waals surface area contributed by atoms with E-state index in [9.17, 15) is 9.18 Å². The lowest BCUT2D eigenvalue weighted by atomic mass is 10.0. The molecular formula is C30H21BrFN3O2. The smallest absolute Gasteiger partial charge is 0.272 e. The van der Waals surface area contributed by atoms with E-state index in [-0.39, 0.29) is 11.7 Å². The van der Waals surface area contributed by atoms with Crippen molar-refractivity contribution in [3.8, 4) is 17.0 Å². The standard InChI is InChI=1S/C30H21BrFN3O2/c31-26-16-21(12-15-29(26)37-19-20-10-13-23(32)14-11-20)18-33-35-30(36)25-17-28(22-6-2-1-3-7-22)34-27-9-5-4-8-24(25)27/h1-18H,19H2,(H,35,36)/b33-18+. The Hall–Kier alpha value is -4.36. The number of nitrogens with one attached hydrogen (secondary N) is 1. The van der Waals surface area contributed by atoms with Crippen LogP contribution >= 0.6 is 15.9 Å². The molecule has 0 bridgehead atoms. The van der Waals surface area contributed by atoms with Crippen molar-refractivity contribution in [2.75, 3.05) is 0 Å². The van der Waals surface area contributed by atoms with Gasteiger partial charge in [0.05, 0.1) is 27.5 Å². The number of fused-ring (bicyclic) bond motifs is 1. The molecule has 0 fully saturated rings. The molecule has 0 radical (unpaired) electrons. The van der Waals surface area contributed by atoms with Gasteiger partial charge >= 0.3 is 0 Å². The molecule has 7 heteroatoms. The predicted octanol–water partition coefficient (Wildman–Crippen LogP) is 7.15. The van der Waals surface area contributed by atoms with E-state index in [0.29, 0.717) is 23.6 Å². The number of carbonyl (C=O) groups is 1. The zero-order valence-electron chi connectivity index (χ0n) is 19.6. The van der Waals surface area contributed by atoms with Crippen molar-refractivity contribution >= 4 is 39.0 Å². The van der Waals surface area contributed by atoms with Crippen molar-refractivity contribution in [3.63, 3.8) is 0 Å². The normalized spacial score (nSPS) is 11.1.